The van der Waals surface area contributed by atoms with E-state index in [0.717, 1.165) is 30.8 Å². The molecule has 0 aliphatic rings. The number of nitrogens with zero attached hydrogens (tertiary/aromatic N) is 2. The van der Waals surface area contributed by atoms with Crippen LogP contribution in [0.15, 0.2) is 35.4 Å². The molecule has 5 nitrogen and oxygen atoms in total. The molecule has 1 aromatic heterocycles. The van der Waals surface area contributed by atoms with Gasteiger partial charge in [-0.25, -0.2) is 4.79 Å². The Balaban J connectivity index is 2.29. The Morgan fingerprint density at radius 1 is 1.24 bits per heavy atom. The van der Waals surface area contributed by atoms with E-state index >= 15 is 0 Å². The van der Waals surface area contributed by atoms with Crippen molar-refractivity contribution in [3.05, 3.63) is 52.2 Å². The van der Waals surface area contributed by atoms with Crippen molar-refractivity contribution >= 4 is 0 Å². The van der Waals surface area contributed by atoms with Gasteiger partial charge in [-0.2, -0.15) is 0 Å². The molecular weight excluding hydrogens is 266 g/mol. The maximum atomic E-state index is 12.2. The van der Waals surface area contributed by atoms with Crippen LogP contribution in [0.4, 0.5) is 0 Å². The van der Waals surface area contributed by atoms with Crippen molar-refractivity contribution in [2.75, 3.05) is 14.2 Å². The average Bonchev–Trinajstić information content (AvgIpc) is 2.82. The normalized spacial score (nSPS) is 10.8. The van der Waals surface area contributed by atoms with Crippen molar-refractivity contribution < 1.29 is 4.74 Å². The van der Waals surface area contributed by atoms with Crippen LogP contribution in [-0.4, -0.2) is 23.3 Å². The van der Waals surface area contributed by atoms with E-state index in [-0.39, 0.29) is 5.69 Å². The summed E-state index contributed by atoms with van der Waals surface area (Å²) in [4.78, 5) is 12.2. The molecule has 0 atom stereocenters. The van der Waals surface area contributed by atoms with Gasteiger partial charge in [-0.05, 0) is 31.2 Å². The molecule has 2 aromatic rings. The van der Waals surface area contributed by atoms with Gasteiger partial charge in [0.25, 0.3) is 0 Å². The lowest BCUT2D eigenvalue weighted by molar-refractivity contribution is 0.407. The number of aryl methyl sites for hydroxylation is 1. The molecule has 0 unspecified atom stereocenters. The van der Waals surface area contributed by atoms with Gasteiger partial charge in [0.15, 0.2) is 0 Å². The number of aromatic nitrogens is 2. The predicted octanol–water partition coefficient (Wildman–Crippen LogP) is 1.84. The third kappa shape index (κ3) is 3.55. The smallest absolute Gasteiger partial charge is 0.328 e. The van der Waals surface area contributed by atoms with Crippen LogP contribution in [-0.2, 0) is 19.6 Å². The first-order valence-corrected chi connectivity index (χ1v) is 7.25. The van der Waals surface area contributed by atoms with Crippen LogP contribution in [0.2, 0.25) is 0 Å². The van der Waals surface area contributed by atoms with Crippen LogP contribution in [0.3, 0.4) is 0 Å². The fourth-order valence-electron chi connectivity index (χ4n) is 2.44. The zero-order chi connectivity index (χ0) is 15.2. The first kappa shape index (κ1) is 15.4. The minimum atomic E-state index is 0.0259. The highest BCUT2D eigenvalue weighted by atomic mass is 16.5. The molecule has 0 saturated carbocycles. The van der Waals surface area contributed by atoms with E-state index in [0.29, 0.717) is 6.54 Å². The van der Waals surface area contributed by atoms with Crippen molar-refractivity contribution in [2.24, 2.45) is 0 Å². The van der Waals surface area contributed by atoms with Crippen LogP contribution < -0.4 is 15.7 Å². The minimum Gasteiger partial charge on any atom is -0.496 e. The molecule has 0 aliphatic carbocycles. The van der Waals surface area contributed by atoms with Crippen molar-refractivity contribution in [1.29, 1.82) is 0 Å². The standard InChI is InChI=1S/C16H23N3O2/c1-4-7-18-8-9-19(16(18)20)12-14-10-13(11-17-2)5-6-15(14)21-3/h5-6,8-10,17H,4,7,11-12H2,1-3H3. The number of hydrogen-bond acceptors (Lipinski definition) is 3. The summed E-state index contributed by atoms with van der Waals surface area (Å²) >= 11 is 0. The van der Waals surface area contributed by atoms with E-state index < -0.39 is 0 Å². The molecule has 0 spiro atoms. The Kier molecular flexibility index (Phi) is 5.22. The number of ether oxygens (including phenoxy) is 1. The highest BCUT2D eigenvalue weighted by molar-refractivity contribution is 5.37. The van der Waals surface area contributed by atoms with Crippen molar-refractivity contribution in [2.45, 2.75) is 33.0 Å². The van der Waals surface area contributed by atoms with E-state index in [4.69, 9.17) is 4.74 Å². The fourth-order valence-corrected chi connectivity index (χ4v) is 2.44. The zero-order valence-electron chi connectivity index (χ0n) is 12.9. The van der Waals surface area contributed by atoms with Gasteiger partial charge >= 0.3 is 5.69 Å². The average molecular weight is 289 g/mol. The summed E-state index contributed by atoms with van der Waals surface area (Å²) in [5.74, 6) is 0.810. The Morgan fingerprint density at radius 2 is 2.00 bits per heavy atom. The summed E-state index contributed by atoms with van der Waals surface area (Å²) in [7, 11) is 3.57. The molecule has 21 heavy (non-hydrogen) atoms. The molecule has 0 fully saturated rings. The Labute approximate surface area is 125 Å². The summed E-state index contributed by atoms with van der Waals surface area (Å²) in [6.07, 6.45) is 4.63. The summed E-state index contributed by atoms with van der Waals surface area (Å²) in [6.45, 7) is 4.13. The van der Waals surface area contributed by atoms with E-state index in [1.54, 1.807) is 16.2 Å². The number of methoxy groups -OCH3 is 1. The number of benzene rings is 1. The lowest BCUT2D eigenvalue weighted by Crippen LogP contribution is -2.24. The quantitative estimate of drug-likeness (QED) is 0.846. The van der Waals surface area contributed by atoms with E-state index in [2.05, 4.69) is 18.3 Å². The summed E-state index contributed by atoms with van der Waals surface area (Å²) in [5.41, 5.74) is 2.22. The van der Waals surface area contributed by atoms with Gasteiger partial charge in [-0.3, -0.25) is 9.13 Å². The second-order valence-electron chi connectivity index (χ2n) is 5.08. The molecule has 0 bridgehead atoms. The number of imidazole rings is 1. The maximum absolute atomic E-state index is 12.2. The van der Waals surface area contributed by atoms with Crippen LogP contribution in [0.1, 0.15) is 24.5 Å². The fraction of sp³-hybridized carbons (Fsp3) is 0.438. The minimum absolute atomic E-state index is 0.0259. The Hall–Kier alpha value is -2.01. The highest BCUT2D eigenvalue weighted by Crippen LogP contribution is 2.20. The molecule has 0 aliphatic heterocycles. The molecule has 0 radical (unpaired) electrons. The van der Waals surface area contributed by atoms with Crippen LogP contribution >= 0.6 is 0 Å². The lowest BCUT2D eigenvalue weighted by Gasteiger charge is -2.11. The number of nitrogens with one attached hydrogen (secondary N) is 1. The van der Waals surface area contributed by atoms with Gasteiger partial charge in [0.2, 0.25) is 0 Å². The molecule has 1 heterocycles. The maximum Gasteiger partial charge on any atom is 0.328 e. The molecule has 5 heteroatoms. The second kappa shape index (κ2) is 7.13. The third-order valence-corrected chi connectivity index (χ3v) is 3.45. The Bertz CT molecular complexity index is 643. The first-order valence-electron chi connectivity index (χ1n) is 7.25. The molecule has 114 valence electrons. The van der Waals surface area contributed by atoms with Gasteiger partial charge < -0.3 is 10.1 Å². The molecule has 1 N–H and O–H groups in total. The summed E-state index contributed by atoms with van der Waals surface area (Å²) in [5, 5.41) is 3.13. The van der Waals surface area contributed by atoms with Crippen LogP contribution in [0.25, 0.3) is 0 Å². The molecule has 0 saturated heterocycles. The summed E-state index contributed by atoms with van der Waals surface area (Å²) < 4.78 is 8.86. The molecule has 2 rings (SSSR count). The molecular formula is C16H23N3O2. The number of rotatable bonds is 7. The largest absolute Gasteiger partial charge is 0.496 e. The SMILES string of the molecule is CCCn1ccn(Cc2cc(CNC)ccc2OC)c1=O. The predicted molar refractivity (Wildman–Crippen MR) is 83.8 cm³/mol. The molecule has 0 amide bonds. The van der Waals surface area contributed by atoms with Gasteiger partial charge in [0.1, 0.15) is 5.75 Å². The summed E-state index contributed by atoms with van der Waals surface area (Å²) in [6, 6.07) is 6.07. The molecule has 1 aromatic carbocycles. The lowest BCUT2D eigenvalue weighted by atomic mass is 10.1. The highest BCUT2D eigenvalue weighted by Gasteiger charge is 2.08. The Morgan fingerprint density at radius 3 is 2.67 bits per heavy atom. The third-order valence-electron chi connectivity index (χ3n) is 3.45. The van der Waals surface area contributed by atoms with Crippen LogP contribution in [0, 0.1) is 0 Å². The topological polar surface area (TPSA) is 48.2 Å². The van der Waals surface area contributed by atoms with Crippen molar-refractivity contribution in [3.63, 3.8) is 0 Å². The van der Waals surface area contributed by atoms with Gasteiger partial charge in [0.05, 0.1) is 13.7 Å². The van der Waals surface area contributed by atoms with Gasteiger partial charge in [0, 0.05) is 31.0 Å². The number of hydrogen-bond donors (Lipinski definition) is 1. The van der Waals surface area contributed by atoms with E-state index in [1.165, 1.54) is 5.56 Å². The van der Waals surface area contributed by atoms with Gasteiger partial charge in [-0.1, -0.05) is 13.0 Å². The van der Waals surface area contributed by atoms with Gasteiger partial charge in [-0.15, -0.1) is 0 Å². The monoisotopic (exact) mass is 289 g/mol. The van der Waals surface area contributed by atoms with E-state index in [1.807, 2.05) is 31.6 Å². The second-order valence-corrected chi connectivity index (χ2v) is 5.08. The van der Waals surface area contributed by atoms with E-state index in [9.17, 15) is 4.79 Å². The van der Waals surface area contributed by atoms with Crippen molar-refractivity contribution in [3.8, 4) is 5.75 Å². The first-order chi connectivity index (χ1) is 10.2. The van der Waals surface area contributed by atoms with Crippen LogP contribution in [0.5, 0.6) is 5.75 Å². The van der Waals surface area contributed by atoms with Crippen molar-refractivity contribution in [1.82, 2.24) is 14.5 Å². The zero-order valence-corrected chi connectivity index (χ0v) is 12.9.